The third-order valence-corrected chi connectivity index (χ3v) is 9.99. The zero-order chi connectivity index (χ0) is 24.4. The third-order valence-electron chi connectivity index (χ3n) is 9.99. The summed E-state index contributed by atoms with van der Waals surface area (Å²) >= 11 is 0. The summed E-state index contributed by atoms with van der Waals surface area (Å²) in [6.07, 6.45) is 10.4. The van der Waals surface area contributed by atoms with Crippen molar-refractivity contribution in [1.82, 2.24) is 20.2 Å². The number of aliphatic hydroxyl groups excluding tert-OH is 1. The fourth-order valence-corrected chi connectivity index (χ4v) is 8.64. The topological polar surface area (TPSA) is 88.4 Å². The Labute approximate surface area is 210 Å². The van der Waals surface area contributed by atoms with Gasteiger partial charge in [-0.2, -0.15) is 0 Å². The Morgan fingerprint density at radius 1 is 1.19 bits per heavy atom. The molecule has 4 saturated carbocycles. The average molecular weight is 495 g/mol. The summed E-state index contributed by atoms with van der Waals surface area (Å²) in [7, 11) is 0. The minimum Gasteiger partial charge on any atom is -0.392 e. The summed E-state index contributed by atoms with van der Waals surface area (Å²) < 4.78 is 22.4. The Morgan fingerprint density at radius 2 is 1.97 bits per heavy atom. The van der Waals surface area contributed by atoms with Crippen molar-refractivity contribution in [3.05, 3.63) is 42.1 Å². The first-order valence-corrected chi connectivity index (χ1v) is 13.6. The second-order valence-electron chi connectivity index (χ2n) is 12.0. The number of rotatable bonds is 5. The van der Waals surface area contributed by atoms with E-state index in [1.165, 1.54) is 6.07 Å². The Balaban J connectivity index is 1.07. The first kappa shape index (κ1) is 22.7. The number of hydrogen-bond donors (Lipinski definition) is 3. The van der Waals surface area contributed by atoms with E-state index in [4.69, 9.17) is 4.74 Å². The number of amides is 2. The van der Waals surface area contributed by atoms with Gasteiger partial charge >= 0.3 is 6.03 Å². The van der Waals surface area contributed by atoms with Gasteiger partial charge in [0, 0.05) is 36.4 Å². The number of ether oxygens (including phenoxy) is 1. The Hall–Kier alpha value is -2.45. The van der Waals surface area contributed by atoms with Gasteiger partial charge in [-0.3, -0.25) is 0 Å². The smallest absolute Gasteiger partial charge is 0.315 e. The Bertz CT molecular complexity index is 1150. The van der Waals surface area contributed by atoms with Gasteiger partial charge in [-0.1, -0.05) is 12.1 Å². The fourth-order valence-electron chi connectivity index (χ4n) is 8.64. The lowest BCUT2D eigenvalue weighted by Crippen LogP contribution is -2.63. The lowest BCUT2D eigenvalue weighted by Gasteiger charge is -2.61. The molecule has 4 atom stereocenters. The molecule has 1 saturated heterocycles. The van der Waals surface area contributed by atoms with Gasteiger partial charge < -0.3 is 25.0 Å². The number of benzene rings is 1. The number of aromatic nitrogens is 2. The molecule has 2 amide bonds. The summed E-state index contributed by atoms with van der Waals surface area (Å²) in [6.45, 7) is 1.41. The van der Waals surface area contributed by atoms with Gasteiger partial charge in [0.1, 0.15) is 5.82 Å². The van der Waals surface area contributed by atoms with Crippen LogP contribution in [0.4, 0.5) is 9.18 Å². The van der Waals surface area contributed by atoms with Gasteiger partial charge in [-0.25, -0.2) is 14.2 Å². The van der Waals surface area contributed by atoms with E-state index in [0.717, 1.165) is 56.2 Å². The van der Waals surface area contributed by atoms with Crippen molar-refractivity contribution in [2.24, 2.45) is 23.2 Å². The largest absolute Gasteiger partial charge is 0.392 e. The van der Waals surface area contributed by atoms with Gasteiger partial charge in [-0.05, 0) is 80.6 Å². The van der Waals surface area contributed by atoms with E-state index in [1.807, 2.05) is 10.6 Å². The number of imidazole rings is 1. The summed E-state index contributed by atoms with van der Waals surface area (Å²) in [5, 5.41) is 18.3. The van der Waals surface area contributed by atoms with E-state index in [2.05, 4.69) is 15.6 Å². The quantitative estimate of drug-likeness (QED) is 0.586. The predicted molar refractivity (Wildman–Crippen MR) is 132 cm³/mol. The van der Waals surface area contributed by atoms with Crippen molar-refractivity contribution in [1.29, 1.82) is 0 Å². The monoisotopic (exact) mass is 494 g/mol. The molecule has 8 heteroatoms. The number of carbonyl (C=O) groups excluding carboxylic acids is 1. The van der Waals surface area contributed by atoms with E-state index < -0.39 is 6.10 Å². The van der Waals surface area contributed by atoms with Crippen LogP contribution >= 0.6 is 0 Å². The van der Waals surface area contributed by atoms with E-state index in [9.17, 15) is 14.3 Å². The van der Waals surface area contributed by atoms with Crippen LogP contribution in [-0.4, -0.2) is 52.1 Å². The zero-order valence-electron chi connectivity index (χ0n) is 20.5. The van der Waals surface area contributed by atoms with E-state index in [0.29, 0.717) is 43.0 Å². The van der Waals surface area contributed by atoms with Crippen LogP contribution in [-0.2, 0) is 4.74 Å². The number of urea groups is 1. The summed E-state index contributed by atoms with van der Waals surface area (Å²) in [4.78, 5) is 17.1. The molecule has 3 N–H and O–H groups in total. The molecule has 6 aliphatic rings. The molecule has 2 aromatic rings. The normalized spacial score (nSPS) is 35.3. The Kier molecular flexibility index (Phi) is 5.40. The maximum Gasteiger partial charge on any atom is 0.315 e. The summed E-state index contributed by atoms with van der Waals surface area (Å²) in [6, 6.07) is 5.28. The standard InChI is InChI=1S/C28H35FN4O3/c29-21-3-1-2-20-23-14-30-15-33(23)22(25(20)21)10-24(34)28-11-16-8-17(12-28)26(18(9-16)13-28)32-27(35)31-19-4-6-36-7-5-19/h1-3,14-19,22,24,26,34H,4-13H2,(H2,31,32,35). The SMILES string of the molecule is O=C(NC1CCOCC1)NC1C2CC3CC1CC(C(O)CC1c4c(F)cccc4-c4cncn41)(C3)C2. The fraction of sp³-hybridized carbons (Fsp3) is 0.643. The van der Waals surface area contributed by atoms with Gasteiger partial charge in [-0.15, -0.1) is 0 Å². The van der Waals surface area contributed by atoms with Crippen LogP contribution in [0.5, 0.6) is 0 Å². The Morgan fingerprint density at radius 3 is 2.75 bits per heavy atom. The summed E-state index contributed by atoms with van der Waals surface area (Å²) in [5.41, 5.74) is 2.34. The molecule has 1 aromatic carbocycles. The predicted octanol–water partition coefficient (Wildman–Crippen LogP) is 4.02. The van der Waals surface area contributed by atoms with Crippen LogP contribution < -0.4 is 10.6 Å². The van der Waals surface area contributed by atoms with E-state index in [-0.39, 0.29) is 35.4 Å². The first-order valence-electron chi connectivity index (χ1n) is 13.6. The minimum atomic E-state index is -0.520. The number of hydrogen-bond acceptors (Lipinski definition) is 4. The lowest BCUT2D eigenvalue weighted by molar-refractivity contribution is -0.136. The average Bonchev–Trinajstić information content (AvgIpc) is 3.45. The maximum absolute atomic E-state index is 15.0. The van der Waals surface area contributed by atoms with Crippen LogP contribution in [0.15, 0.2) is 30.7 Å². The van der Waals surface area contributed by atoms with Crippen LogP contribution in [0.2, 0.25) is 0 Å². The molecule has 36 heavy (non-hydrogen) atoms. The number of nitrogens with zero attached hydrogens (tertiary/aromatic N) is 2. The van der Waals surface area contributed by atoms with E-state index in [1.54, 1.807) is 18.6 Å². The van der Waals surface area contributed by atoms with Gasteiger partial charge in [0.05, 0.1) is 30.4 Å². The number of nitrogens with one attached hydrogen (secondary N) is 2. The third kappa shape index (κ3) is 3.59. The highest BCUT2D eigenvalue weighted by Gasteiger charge is 2.58. The van der Waals surface area contributed by atoms with Gasteiger partial charge in [0.2, 0.25) is 0 Å². The highest BCUT2D eigenvalue weighted by atomic mass is 19.1. The molecule has 4 bridgehead atoms. The van der Waals surface area contributed by atoms with Crippen LogP contribution in [0.1, 0.15) is 63.0 Å². The van der Waals surface area contributed by atoms with Crippen molar-refractivity contribution in [3.63, 3.8) is 0 Å². The molecule has 4 aliphatic carbocycles. The van der Waals surface area contributed by atoms with Crippen molar-refractivity contribution < 1.29 is 19.0 Å². The van der Waals surface area contributed by atoms with Crippen molar-refractivity contribution in [2.75, 3.05) is 13.2 Å². The molecular weight excluding hydrogens is 459 g/mol. The van der Waals surface area contributed by atoms with Crippen molar-refractivity contribution >= 4 is 6.03 Å². The molecule has 1 aromatic heterocycles. The number of fused-ring (bicyclic) bond motifs is 3. The molecule has 3 heterocycles. The molecule has 5 fully saturated rings. The zero-order valence-corrected chi connectivity index (χ0v) is 20.5. The van der Waals surface area contributed by atoms with Crippen LogP contribution in [0.3, 0.4) is 0 Å². The number of carbonyl (C=O) groups is 1. The molecule has 0 spiro atoms. The van der Waals surface area contributed by atoms with Gasteiger partial charge in [0.25, 0.3) is 0 Å². The molecule has 0 radical (unpaired) electrons. The second-order valence-corrected chi connectivity index (χ2v) is 12.0. The summed E-state index contributed by atoms with van der Waals surface area (Å²) in [5.74, 6) is 1.18. The highest BCUT2D eigenvalue weighted by molar-refractivity contribution is 5.74. The lowest BCUT2D eigenvalue weighted by atomic mass is 9.46. The minimum absolute atomic E-state index is 0.0559. The molecular formula is C28H35FN4O3. The molecule has 8 rings (SSSR count). The number of halogens is 1. The molecule has 2 aliphatic heterocycles. The maximum atomic E-state index is 15.0. The van der Waals surface area contributed by atoms with Crippen molar-refractivity contribution in [2.45, 2.75) is 75.6 Å². The van der Waals surface area contributed by atoms with Crippen LogP contribution in [0.25, 0.3) is 11.3 Å². The number of aliphatic hydroxyl groups is 1. The highest BCUT2D eigenvalue weighted by Crippen LogP contribution is 2.62. The van der Waals surface area contributed by atoms with Crippen LogP contribution in [0, 0.1) is 29.0 Å². The second kappa shape index (κ2) is 8.55. The first-order chi connectivity index (χ1) is 17.5. The van der Waals surface area contributed by atoms with E-state index >= 15 is 0 Å². The van der Waals surface area contributed by atoms with Crippen molar-refractivity contribution in [3.8, 4) is 11.3 Å². The molecule has 7 nitrogen and oxygen atoms in total. The molecule has 4 unspecified atom stereocenters. The molecule has 192 valence electrons. The van der Waals surface area contributed by atoms with Gasteiger partial charge in [0.15, 0.2) is 0 Å².